The Morgan fingerprint density at radius 2 is 1.80 bits per heavy atom. The van der Waals surface area contributed by atoms with Gasteiger partial charge in [0.05, 0.1) is 33.6 Å². The molecule has 9 heteroatoms. The lowest BCUT2D eigenvalue weighted by molar-refractivity contribution is -0.137. The van der Waals surface area contributed by atoms with Gasteiger partial charge in [-0.2, -0.15) is 13.2 Å². The number of hydrogen-bond acceptors (Lipinski definition) is 3. The number of amides is 1. The Bertz CT molecular complexity index is 1100. The number of halogens is 4. The summed E-state index contributed by atoms with van der Waals surface area (Å²) in [6.07, 6.45) is -4.18. The number of alkyl halides is 3. The van der Waals surface area contributed by atoms with Gasteiger partial charge >= 0.3 is 6.18 Å². The minimum absolute atomic E-state index is 0.177. The normalized spacial score (nSPS) is 18.9. The minimum Gasteiger partial charge on any atom is -0.327 e. The van der Waals surface area contributed by atoms with Crippen LogP contribution >= 0.6 is 11.6 Å². The third-order valence-corrected chi connectivity index (χ3v) is 5.75. The van der Waals surface area contributed by atoms with Crippen LogP contribution in [0.25, 0.3) is 5.69 Å². The molecule has 3 aromatic rings. The molecular weight excluding hydrogens is 417 g/mol. The van der Waals surface area contributed by atoms with Crippen molar-refractivity contribution in [3.8, 4) is 5.69 Å². The van der Waals surface area contributed by atoms with Gasteiger partial charge in [0.1, 0.15) is 5.69 Å². The highest BCUT2D eigenvalue weighted by Gasteiger charge is 2.40. The maximum Gasteiger partial charge on any atom is 0.417 e. The number of benzene rings is 2. The molecule has 0 aliphatic carbocycles. The summed E-state index contributed by atoms with van der Waals surface area (Å²) >= 11 is 5.99. The van der Waals surface area contributed by atoms with Crippen LogP contribution in [0.2, 0.25) is 5.02 Å². The summed E-state index contributed by atoms with van der Waals surface area (Å²) in [6.45, 7) is 3.64. The number of rotatable bonds is 2. The topological polar surface area (TPSA) is 51.0 Å². The van der Waals surface area contributed by atoms with Crippen molar-refractivity contribution in [1.82, 2.24) is 19.9 Å². The van der Waals surface area contributed by atoms with Crippen molar-refractivity contribution in [2.45, 2.75) is 38.5 Å². The maximum atomic E-state index is 13.2. The monoisotopic (exact) mass is 434 g/mol. The summed E-state index contributed by atoms with van der Waals surface area (Å²) in [4.78, 5) is 14.7. The van der Waals surface area contributed by atoms with Crippen molar-refractivity contribution < 1.29 is 18.0 Å². The maximum absolute atomic E-state index is 13.2. The van der Waals surface area contributed by atoms with E-state index in [-0.39, 0.29) is 11.6 Å². The third kappa shape index (κ3) is 3.35. The highest BCUT2D eigenvalue weighted by Crippen LogP contribution is 2.39. The second-order valence-corrected chi connectivity index (χ2v) is 7.65. The predicted octanol–water partition coefficient (Wildman–Crippen LogP) is 5.09. The van der Waals surface area contributed by atoms with Crippen LogP contribution in [0.15, 0.2) is 48.5 Å². The van der Waals surface area contributed by atoms with Gasteiger partial charge in [-0.15, -0.1) is 5.10 Å². The third-order valence-electron chi connectivity index (χ3n) is 5.34. The molecule has 0 radical (unpaired) electrons. The van der Waals surface area contributed by atoms with Gasteiger partial charge in [-0.3, -0.25) is 4.79 Å². The van der Waals surface area contributed by atoms with Crippen molar-refractivity contribution >= 4 is 17.5 Å². The Balaban J connectivity index is 1.72. The summed E-state index contributed by atoms with van der Waals surface area (Å²) in [7, 11) is 0. The first kappa shape index (κ1) is 20.4. The Labute approximate surface area is 176 Å². The molecule has 0 fully saturated rings. The second kappa shape index (κ2) is 7.43. The molecule has 2 aromatic carbocycles. The SMILES string of the molecule is CC1Cc2c(nnn2-c2ccccc2)[C@H](C)N1C(=O)c1cccc(C(F)(F)F)c1Cl. The van der Waals surface area contributed by atoms with E-state index in [9.17, 15) is 18.0 Å². The minimum atomic E-state index is -4.64. The van der Waals surface area contributed by atoms with Crippen LogP contribution < -0.4 is 0 Å². The van der Waals surface area contributed by atoms with Crippen molar-refractivity contribution in [3.05, 3.63) is 76.1 Å². The Morgan fingerprint density at radius 1 is 1.10 bits per heavy atom. The van der Waals surface area contributed by atoms with E-state index >= 15 is 0 Å². The van der Waals surface area contributed by atoms with E-state index < -0.39 is 28.7 Å². The lowest BCUT2D eigenvalue weighted by Crippen LogP contribution is -2.45. The largest absolute Gasteiger partial charge is 0.417 e. The summed E-state index contributed by atoms with van der Waals surface area (Å²) < 4.78 is 41.4. The molecule has 156 valence electrons. The molecule has 0 bridgehead atoms. The smallest absolute Gasteiger partial charge is 0.327 e. The Hall–Kier alpha value is -2.87. The van der Waals surface area contributed by atoms with Crippen LogP contribution in [0.3, 0.4) is 0 Å². The first-order valence-electron chi connectivity index (χ1n) is 9.38. The molecule has 4 rings (SSSR count). The lowest BCUT2D eigenvalue weighted by Gasteiger charge is -2.38. The molecular formula is C21H18ClF3N4O. The van der Waals surface area contributed by atoms with Crippen molar-refractivity contribution in [1.29, 1.82) is 0 Å². The molecule has 1 unspecified atom stereocenters. The van der Waals surface area contributed by atoms with Crippen LogP contribution in [0, 0.1) is 0 Å². The zero-order chi connectivity index (χ0) is 21.6. The van der Waals surface area contributed by atoms with Gasteiger partial charge in [0.2, 0.25) is 0 Å². The van der Waals surface area contributed by atoms with E-state index in [1.54, 1.807) is 11.6 Å². The van der Waals surface area contributed by atoms with E-state index in [0.717, 1.165) is 17.4 Å². The molecule has 1 amide bonds. The van der Waals surface area contributed by atoms with E-state index in [4.69, 9.17) is 11.6 Å². The summed E-state index contributed by atoms with van der Waals surface area (Å²) in [5, 5.41) is 7.91. The van der Waals surface area contributed by atoms with Gasteiger partial charge < -0.3 is 4.90 Å². The summed E-state index contributed by atoms with van der Waals surface area (Å²) in [5.74, 6) is -0.564. The fourth-order valence-corrected chi connectivity index (χ4v) is 4.24. The number of carbonyl (C=O) groups excluding carboxylic acids is 1. The molecule has 0 saturated heterocycles. The highest BCUT2D eigenvalue weighted by atomic mass is 35.5. The molecule has 0 spiro atoms. The van der Waals surface area contributed by atoms with Gasteiger partial charge in [-0.1, -0.05) is 41.1 Å². The molecule has 1 aromatic heterocycles. The average Bonchev–Trinajstić information content (AvgIpc) is 3.11. The van der Waals surface area contributed by atoms with Crippen LogP contribution in [0.5, 0.6) is 0 Å². The number of nitrogens with zero attached hydrogens (tertiary/aromatic N) is 4. The standard InChI is InChI=1S/C21H18ClF3N4O/c1-12-11-17-19(26-27-29(17)14-7-4-3-5-8-14)13(2)28(12)20(30)15-9-6-10-16(18(15)22)21(23,24)25/h3-10,12-13H,11H2,1-2H3/t12?,13-/m0/s1. The lowest BCUT2D eigenvalue weighted by atomic mass is 9.96. The van der Waals surface area contributed by atoms with Gasteiger partial charge in [-0.25, -0.2) is 4.68 Å². The van der Waals surface area contributed by atoms with E-state index in [0.29, 0.717) is 12.1 Å². The average molecular weight is 435 g/mol. The summed E-state index contributed by atoms with van der Waals surface area (Å²) in [6, 6.07) is 12.1. The molecule has 5 nitrogen and oxygen atoms in total. The van der Waals surface area contributed by atoms with Crippen molar-refractivity contribution in [2.24, 2.45) is 0 Å². The number of aromatic nitrogens is 3. The Kier molecular flexibility index (Phi) is 5.05. The molecule has 0 N–H and O–H groups in total. The fourth-order valence-electron chi connectivity index (χ4n) is 3.93. The zero-order valence-electron chi connectivity index (χ0n) is 16.2. The van der Waals surface area contributed by atoms with Crippen molar-refractivity contribution in [3.63, 3.8) is 0 Å². The predicted molar refractivity (Wildman–Crippen MR) is 106 cm³/mol. The number of carbonyl (C=O) groups is 1. The first-order valence-corrected chi connectivity index (χ1v) is 9.76. The number of fused-ring (bicyclic) bond motifs is 1. The fraction of sp³-hybridized carbons (Fsp3) is 0.286. The molecule has 2 atom stereocenters. The van der Waals surface area contributed by atoms with E-state index in [1.807, 2.05) is 37.3 Å². The second-order valence-electron chi connectivity index (χ2n) is 7.28. The molecule has 1 aliphatic heterocycles. The van der Waals surface area contributed by atoms with Gasteiger partial charge in [0, 0.05) is 12.5 Å². The van der Waals surface area contributed by atoms with Gasteiger partial charge in [0.15, 0.2) is 0 Å². The quantitative estimate of drug-likeness (QED) is 0.564. The number of para-hydroxylation sites is 1. The van der Waals surface area contributed by atoms with Crippen molar-refractivity contribution in [2.75, 3.05) is 0 Å². The molecule has 2 heterocycles. The zero-order valence-corrected chi connectivity index (χ0v) is 16.9. The Morgan fingerprint density at radius 3 is 2.47 bits per heavy atom. The van der Waals surface area contributed by atoms with E-state index in [2.05, 4.69) is 10.3 Å². The van der Waals surface area contributed by atoms with Gasteiger partial charge in [-0.05, 0) is 38.1 Å². The van der Waals surface area contributed by atoms with E-state index in [1.165, 1.54) is 17.0 Å². The van der Waals surface area contributed by atoms with Crippen LogP contribution in [-0.2, 0) is 12.6 Å². The highest BCUT2D eigenvalue weighted by molar-refractivity contribution is 6.34. The molecule has 1 aliphatic rings. The number of hydrogen-bond donors (Lipinski definition) is 0. The van der Waals surface area contributed by atoms with Crippen LogP contribution in [0.4, 0.5) is 13.2 Å². The molecule has 30 heavy (non-hydrogen) atoms. The summed E-state index contributed by atoms with van der Waals surface area (Å²) in [5.41, 5.74) is 1.15. The molecule has 0 saturated carbocycles. The van der Waals surface area contributed by atoms with Gasteiger partial charge in [0.25, 0.3) is 5.91 Å². The first-order chi connectivity index (χ1) is 14.2. The van der Waals surface area contributed by atoms with Crippen LogP contribution in [0.1, 0.15) is 47.2 Å². The van der Waals surface area contributed by atoms with Crippen LogP contribution in [-0.4, -0.2) is 31.8 Å².